The van der Waals surface area contributed by atoms with E-state index in [1.165, 1.54) is 11.1 Å². The summed E-state index contributed by atoms with van der Waals surface area (Å²) in [7, 11) is 0. The zero-order chi connectivity index (χ0) is 16.6. The summed E-state index contributed by atoms with van der Waals surface area (Å²) in [6, 6.07) is 16.3. The molecule has 0 aliphatic carbocycles. The maximum atomic E-state index is 12.0. The molecule has 0 atom stereocenters. The van der Waals surface area contributed by atoms with E-state index in [0.29, 0.717) is 12.8 Å². The van der Waals surface area contributed by atoms with Crippen LogP contribution in [0.5, 0.6) is 0 Å². The molecule has 0 aliphatic rings. The van der Waals surface area contributed by atoms with E-state index in [1.807, 2.05) is 24.4 Å². The molecule has 0 amide bonds. The van der Waals surface area contributed by atoms with E-state index in [2.05, 4.69) is 40.3 Å². The lowest BCUT2D eigenvalue weighted by Crippen LogP contribution is -2.03. The second kappa shape index (κ2) is 8.16. The first kappa shape index (κ1) is 16.1. The molecule has 2 aromatic heterocycles. The van der Waals surface area contributed by atoms with E-state index in [-0.39, 0.29) is 5.78 Å². The van der Waals surface area contributed by atoms with Gasteiger partial charge in [0.25, 0.3) is 0 Å². The Morgan fingerprint density at radius 2 is 1.54 bits per heavy atom. The van der Waals surface area contributed by atoms with E-state index in [9.17, 15) is 4.79 Å². The number of rotatable bonds is 7. The molecule has 3 nitrogen and oxygen atoms in total. The molecule has 0 aliphatic heterocycles. The Kier molecular flexibility index (Phi) is 5.46. The molecule has 24 heavy (non-hydrogen) atoms. The van der Waals surface area contributed by atoms with Crippen molar-refractivity contribution in [2.75, 3.05) is 0 Å². The van der Waals surface area contributed by atoms with Crippen molar-refractivity contribution >= 4 is 5.78 Å². The first-order chi connectivity index (χ1) is 11.8. The maximum absolute atomic E-state index is 12.0. The Hall–Kier alpha value is -2.81. The fourth-order valence-electron chi connectivity index (χ4n) is 2.71. The number of carbonyl (C=O) groups excluding carboxylic acids is 1. The first-order valence-electron chi connectivity index (χ1n) is 8.21. The molecular weight excluding hydrogens is 296 g/mol. The second-order valence-electron chi connectivity index (χ2n) is 5.87. The molecule has 0 fully saturated rings. The quantitative estimate of drug-likeness (QED) is 0.653. The molecule has 0 N–H and O–H groups in total. The molecule has 1 aromatic carbocycles. The molecule has 0 saturated heterocycles. The predicted octanol–water partition coefficient (Wildman–Crippen LogP) is 4.28. The van der Waals surface area contributed by atoms with Gasteiger partial charge in [-0.1, -0.05) is 36.4 Å². The summed E-state index contributed by atoms with van der Waals surface area (Å²) in [5.41, 5.74) is 4.54. The molecule has 3 rings (SSSR count). The van der Waals surface area contributed by atoms with Crippen molar-refractivity contribution in [1.82, 2.24) is 9.97 Å². The van der Waals surface area contributed by atoms with Gasteiger partial charge in [0.2, 0.25) is 0 Å². The van der Waals surface area contributed by atoms with Gasteiger partial charge in [-0.25, -0.2) is 0 Å². The fraction of sp³-hybridized carbons (Fsp3) is 0.190. The summed E-state index contributed by atoms with van der Waals surface area (Å²) in [4.78, 5) is 20.2. The van der Waals surface area contributed by atoms with Crippen LogP contribution in [0.1, 0.15) is 24.0 Å². The van der Waals surface area contributed by atoms with Crippen molar-refractivity contribution in [3.8, 4) is 11.1 Å². The Bertz CT molecular complexity index is 768. The number of nitrogens with zero attached hydrogens (tertiary/aromatic N) is 2. The van der Waals surface area contributed by atoms with Gasteiger partial charge < -0.3 is 0 Å². The zero-order valence-corrected chi connectivity index (χ0v) is 13.6. The molecule has 0 unspecified atom stereocenters. The van der Waals surface area contributed by atoms with Crippen LogP contribution in [0.15, 0.2) is 73.3 Å². The standard InChI is InChI=1S/C21H20N2O/c24-21(14-18-5-2-12-22-15-18)7-1-4-17-8-10-19(11-9-17)20-6-3-13-23-16-20/h2-3,5-6,8-13,15-16H,1,4,7,14H2. The molecule has 0 spiro atoms. The lowest BCUT2D eigenvalue weighted by atomic mass is 10.0. The predicted molar refractivity (Wildman–Crippen MR) is 95.6 cm³/mol. The third-order valence-corrected chi connectivity index (χ3v) is 3.99. The molecular formula is C21H20N2O. The van der Waals surface area contributed by atoms with Crippen LogP contribution in [0, 0.1) is 0 Å². The van der Waals surface area contributed by atoms with Gasteiger partial charge in [-0.3, -0.25) is 14.8 Å². The van der Waals surface area contributed by atoms with Crippen LogP contribution < -0.4 is 0 Å². The van der Waals surface area contributed by atoms with Crippen molar-refractivity contribution in [2.45, 2.75) is 25.7 Å². The van der Waals surface area contributed by atoms with Gasteiger partial charge in [-0.2, -0.15) is 0 Å². The molecule has 2 heterocycles. The minimum atomic E-state index is 0.273. The Balaban J connectivity index is 1.48. The zero-order valence-electron chi connectivity index (χ0n) is 13.6. The minimum absolute atomic E-state index is 0.273. The largest absolute Gasteiger partial charge is 0.299 e. The van der Waals surface area contributed by atoms with Crippen LogP contribution in [0.2, 0.25) is 0 Å². The number of aryl methyl sites for hydroxylation is 1. The van der Waals surface area contributed by atoms with Crippen molar-refractivity contribution < 1.29 is 4.79 Å². The number of pyridine rings is 2. The minimum Gasteiger partial charge on any atom is -0.299 e. The smallest absolute Gasteiger partial charge is 0.137 e. The Labute approximate surface area is 142 Å². The monoisotopic (exact) mass is 316 g/mol. The van der Waals surface area contributed by atoms with E-state index in [4.69, 9.17) is 0 Å². The van der Waals surface area contributed by atoms with E-state index in [0.717, 1.165) is 24.0 Å². The summed E-state index contributed by atoms with van der Waals surface area (Å²) in [5, 5.41) is 0. The SMILES string of the molecule is O=C(CCCc1ccc(-c2cccnc2)cc1)Cc1cccnc1. The second-order valence-corrected chi connectivity index (χ2v) is 5.87. The summed E-state index contributed by atoms with van der Waals surface area (Å²) in [5.74, 6) is 0.273. The van der Waals surface area contributed by atoms with Crippen molar-refractivity contribution in [2.24, 2.45) is 0 Å². The van der Waals surface area contributed by atoms with Gasteiger partial charge in [0, 0.05) is 37.6 Å². The first-order valence-corrected chi connectivity index (χ1v) is 8.21. The number of Topliss-reactive ketones (excluding diaryl/α,β-unsaturated/α-hetero) is 1. The van der Waals surface area contributed by atoms with Crippen LogP contribution in [-0.2, 0) is 17.6 Å². The van der Waals surface area contributed by atoms with Crippen LogP contribution in [0.25, 0.3) is 11.1 Å². The highest BCUT2D eigenvalue weighted by Crippen LogP contribution is 2.19. The number of benzene rings is 1. The van der Waals surface area contributed by atoms with Gasteiger partial charge in [0.05, 0.1) is 0 Å². The van der Waals surface area contributed by atoms with Gasteiger partial charge in [-0.15, -0.1) is 0 Å². The average Bonchev–Trinajstić information content (AvgIpc) is 2.64. The summed E-state index contributed by atoms with van der Waals surface area (Å²) >= 11 is 0. The lowest BCUT2D eigenvalue weighted by molar-refractivity contribution is -0.118. The molecule has 3 heteroatoms. The molecule has 0 radical (unpaired) electrons. The summed E-state index contributed by atoms with van der Waals surface area (Å²) in [6.07, 6.45) is 10.0. The lowest BCUT2D eigenvalue weighted by Gasteiger charge is -2.05. The van der Waals surface area contributed by atoms with Crippen molar-refractivity contribution in [1.29, 1.82) is 0 Å². The highest BCUT2D eigenvalue weighted by Gasteiger charge is 2.04. The van der Waals surface area contributed by atoms with Crippen LogP contribution in [-0.4, -0.2) is 15.8 Å². The van der Waals surface area contributed by atoms with E-state index < -0.39 is 0 Å². The number of ketones is 1. The van der Waals surface area contributed by atoms with Gasteiger partial charge >= 0.3 is 0 Å². The van der Waals surface area contributed by atoms with Gasteiger partial charge in [0.1, 0.15) is 5.78 Å². The summed E-state index contributed by atoms with van der Waals surface area (Å²) < 4.78 is 0. The fourth-order valence-corrected chi connectivity index (χ4v) is 2.71. The topological polar surface area (TPSA) is 42.9 Å². The van der Waals surface area contributed by atoms with Crippen LogP contribution in [0.4, 0.5) is 0 Å². The average molecular weight is 316 g/mol. The molecule has 120 valence electrons. The van der Waals surface area contributed by atoms with E-state index in [1.54, 1.807) is 18.6 Å². The number of aromatic nitrogens is 2. The van der Waals surface area contributed by atoms with Gasteiger partial charge in [0.15, 0.2) is 0 Å². The maximum Gasteiger partial charge on any atom is 0.137 e. The van der Waals surface area contributed by atoms with Crippen molar-refractivity contribution in [3.63, 3.8) is 0 Å². The number of hydrogen-bond acceptors (Lipinski definition) is 3. The molecule has 0 bridgehead atoms. The van der Waals surface area contributed by atoms with Crippen LogP contribution in [0.3, 0.4) is 0 Å². The Morgan fingerprint density at radius 3 is 2.21 bits per heavy atom. The van der Waals surface area contributed by atoms with Gasteiger partial charge in [-0.05, 0) is 47.2 Å². The van der Waals surface area contributed by atoms with Crippen LogP contribution >= 0.6 is 0 Å². The normalized spacial score (nSPS) is 10.5. The molecule has 3 aromatic rings. The summed E-state index contributed by atoms with van der Waals surface area (Å²) in [6.45, 7) is 0. The Morgan fingerprint density at radius 1 is 0.792 bits per heavy atom. The third-order valence-electron chi connectivity index (χ3n) is 3.99. The van der Waals surface area contributed by atoms with E-state index >= 15 is 0 Å². The number of carbonyl (C=O) groups is 1. The highest BCUT2D eigenvalue weighted by molar-refractivity contribution is 5.80. The number of hydrogen-bond donors (Lipinski definition) is 0. The molecule has 0 saturated carbocycles. The highest BCUT2D eigenvalue weighted by atomic mass is 16.1. The third kappa shape index (κ3) is 4.59. The van der Waals surface area contributed by atoms with Crippen molar-refractivity contribution in [3.05, 3.63) is 84.4 Å².